The van der Waals surface area contributed by atoms with Crippen molar-refractivity contribution in [1.82, 2.24) is 15.0 Å². The normalized spacial score (nSPS) is 13.4. The fourth-order valence-electron chi connectivity index (χ4n) is 1.56. The number of halogens is 1. The Kier molecular flexibility index (Phi) is 2.42. The third kappa shape index (κ3) is 1.38. The molecule has 4 heteroatoms. The summed E-state index contributed by atoms with van der Waals surface area (Å²) in [5.74, 6) is 0.479. The molecular weight excluding hydrogens is 198 g/mol. The molecule has 0 fully saturated rings. The van der Waals surface area contributed by atoms with Gasteiger partial charge in [0, 0.05) is 6.20 Å². The number of hydrogen-bond donors (Lipinski definition) is 1. The summed E-state index contributed by atoms with van der Waals surface area (Å²) in [7, 11) is 0. The van der Waals surface area contributed by atoms with Gasteiger partial charge < -0.3 is 4.98 Å². The van der Waals surface area contributed by atoms with Gasteiger partial charge in [0.15, 0.2) is 0 Å². The predicted molar refractivity (Wildman–Crippen MR) is 57.6 cm³/mol. The standard InChI is InChI=1S/C10H12ClN3/c1-3-6(2)7-4-12-10-8(7)9(11)13-5-14-10/h4-6H,3H2,1-2H3,(H,12,13,14). The molecule has 1 unspecified atom stereocenters. The van der Waals surface area contributed by atoms with Crippen LogP contribution in [0.15, 0.2) is 12.5 Å². The third-order valence-corrected chi connectivity index (χ3v) is 2.88. The van der Waals surface area contributed by atoms with Crippen LogP contribution in [0.2, 0.25) is 5.15 Å². The van der Waals surface area contributed by atoms with Gasteiger partial charge in [0.25, 0.3) is 0 Å². The largest absolute Gasteiger partial charge is 0.346 e. The molecule has 1 N–H and O–H groups in total. The molecule has 0 saturated heterocycles. The first kappa shape index (κ1) is 9.46. The molecule has 14 heavy (non-hydrogen) atoms. The highest BCUT2D eigenvalue weighted by Crippen LogP contribution is 2.29. The molecule has 0 aliphatic carbocycles. The van der Waals surface area contributed by atoms with Crippen molar-refractivity contribution in [2.75, 3.05) is 0 Å². The van der Waals surface area contributed by atoms with E-state index in [0.29, 0.717) is 11.1 Å². The van der Waals surface area contributed by atoms with Crippen molar-refractivity contribution >= 4 is 22.6 Å². The van der Waals surface area contributed by atoms with Gasteiger partial charge >= 0.3 is 0 Å². The Morgan fingerprint density at radius 3 is 3.00 bits per heavy atom. The minimum absolute atomic E-state index is 0.479. The van der Waals surface area contributed by atoms with Crippen LogP contribution >= 0.6 is 11.6 Å². The molecule has 0 aliphatic heterocycles. The van der Waals surface area contributed by atoms with E-state index in [4.69, 9.17) is 11.6 Å². The van der Waals surface area contributed by atoms with E-state index in [2.05, 4.69) is 28.8 Å². The second-order valence-electron chi connectivity index (χ2n) is 3.44. The monoisotopic (exact) mass is 209 g/mol. The summed E-state index contributed by atoms with van der Waals surface area (Å²) in [6, 6.07) is 0. The molecule has 0 aromatic carbocycles. The lowest BCUT2D eigenvalue weighted by Crippen LogP contribution is -1.90. The second kappa shape index (κ2) is 3.58. The average molecular weight is 210 g/mol. The van der Waals surface area contributed by atoms with E-state index < -0.39 is 0 Å². The van der Waals surface area contributed by atoms with Crippen LogP contribution in [0, 0.1) is 0 Å². The van der Waals surface area contributed by atoms with E-state index >= 15 is 0 Å². The van der Waals surface area contributed by atoms with Crippen LogP contribution < -0.4 is 0 Å². The molecule has 0 radical (unpaired) electrons. The van der Waals surface area contributed by atoms with Crippen LogP contribution in [0.25, 0.3) is 11.0 Å². The van der Waals surface area contributed by atoms with E-state index in [1.54, 1.807) is 0 Å². The summed E-state index contributed by atoms with van der Waals surface area (Å²) in [5, 5.41) is 1.50. The van der Waals surface area contributed by atoms with Gasteiger partial charge in [0.1, 0.15) is 17.1 Å². The van der Waals surface area contributed by atoms with Gasteiger partial charge in [-0.1, -0.05) is 25.4 Å². The van der Waals surface area contributed by atoms with Crippen molar-refractivity contribution in [3.8, 4) is 0 Å². The number of aromatic nitrogens is 3. The maximum Gasteiger partial charge on any atom is 0.142 e. The zero-order valence-electron chi connectivity index (χ0n) is 8.21. The van der Waals surface area contributed by atoms with Crippen molar-refractivity contribution in [3.63, 3.8) is 0 Å². The maximum atomic E-state index is 6.03. The van der Waals surface area contributed by atoms with Crippen LogP contribution in [0.3, 0.4) is 0 Å². The van der Waals surface area contributed by atoms with Gasteiger partial charge in [-0.25, -0.2) is 9.97 Å². The fourth-order valence-corrected chi connectivity index (χ4v) is 1.80. The van der Waals surface area contributed by atoms with E-state index in [9.17, 15) is 0 Å². The predicted octanol–water partition coefficient (Wildman–Crippen LogP) is 3.12. The summed E-state index contributed by atoms with van der Waals surface area (Å²) < 4.78 is 0. The first-order valence-electron chi connectivity index (χ1n) is 4.71. The Morgan fingerprint density at radius 2 is 2.29 bits per heavy atom. The van der Waals surface area contributed by atoms with Crippen molar-refractivity contribution < 1.29 is 0 Å². The Morgan fingerprint density at radius 1 is 1.50 bits per heavy atom. The Hall–Kier alpha value is -1.09. The van der Waals surface area contributed by atoms with Gasteiger partial charge in [-0.15, -0.1) is 0 Å². The van der Waals surface area contributed by atoms with E-state index in [0.717, 1.165) is 17.5 Å². The lowest BCUT2D eigenvalue weighted by molar-refractivity contribution is 0.739. The highest BCUT2D eigenvalue weighted by Gasteiger charge is 2.13. The topological polar surface area (TPSA) is 41.6 Å². The molecule has 0 amide bonds. The smallest absolute Gasteiger partial charge is 0.142 e. The molecule has 0 saturated carbocycles. The second-order valence-corrected chi connectivity index (χ2v) is 3.80. The Labute approximate surface area is 87.5 Å². The van der Waals surface area contributed by atoms with Gasteiger partial charge in [-0.2, -0.15) is 0 Å². The average Bonchev–Trinajstić information content (AvgIpc) is 2.62. The molecule has 2 aromatic heterocycles. The number of hydrogen-bond acceptors (Lipinski definition) is 2. The number of fused-ring (bicyclic) bond motifs is 1. The first-order chi connectivity index (χ1) is 6.74. The molecule has 0 spiro atoms. The minimum atomic E-state index is 0.479. The highest BCUT2D eigenvalue weighted by molar-refractivity contribution is 6.34. The van der Waals surface area contributed by atoms with Gasteiger partial charge in [-0.05, 0) is 17.9 Å². The summed E-state index contributed by atoms with van der Waals surface area (Å²) in [6.07, 6.45) is 4.53. The number of nitrogens with zero attached hydrogens (tertiary/aromatic N) is 2. The molecule has 2 heterocycles. The first-order valence-corrected chi connectivity index (χ1v) is 5.09. The lowest BCUT2D eigenvalue weighted by atomic mass is 10.00. The van der Waals surface area contributed by atoms with E-state index in [-0.39, 0.29) is 0 Å². The van der Waals surface area contributed by atoms with Gasteiger partial charge in [0.05, 0.1) is 5.39 Å². The molecule has 3 nitrogen and oxygen atoms in total. The fraction of sp³-hybridized carbons (Fsp3) is 0.400. The van der Waals surface area contributed by atoms with E-state index in [1.807, 2.05) is 6.20 Å². The van der Waals surface area contributed by atoms with Crippen molar-refractivity contribution in [1.29, 1.82) is 0 Å². The summed E-state index contributed by atoms with van der Waals surface area (Å²) in [5.41, 5.74) is 2.02. The maximum absolute atomic E-state index is 6.03. The minimum Gasteiger partial charge on any atom is -0.346 e. The van der Waals surface area contributed by atoms with Gasteiger partial charge in [0.2, 0.25) is 0 Å². The number of nitrogens with one attached hydrogen (secondary N) is 1. The molecule has 1 atom stereocenters. The van der Waals surface area contributed by atoms with Crippen LogP contribution in [-0.4, -0.2) is 15.0 Å². The lowest BCUT2D eigenvalue weighted by Gasteiger charge is -2.06. The summed E-state index contributed by atoms with van der Waals surface area (Å²) >= 11 is 6.03. The molecular formula is C10H12ClN3. The van der Waals surface area contributed by atoms with Crippen LogP contribution in [0.1, 0.15) is 31.7 Å². The van der Waals surface area contributed by atoms with Gasteiger partial charge in [-0.3, -0.25) is 0 Å². The third-order valence-electron chi connectivity index (χ3n) is 2.60. The number of H-pyrrole nitrogens is 1. The highest BCUT2D eigenvalue weighted by atomic mass is 35.5. The molecule has 0 aliphatic rings. The van der Waals surface area contributed by atoms with Crippen molar-refractivity contribution in [2.45, 2.75) is 26.2 Å². The van der Waals surface area contributed by atoms with E-state index in [1.165, 1.54) is 11.9 Å². The Balaban J connectivity index is 2.67. The van der Waals surface area contributed by atoms with Crippen LogP contribution in [0.5, 0.6) is 0 Å². The number of rotatable bonds is 2. The molecule has 74 valence electrons. The van der Waals surface area contributed by atoms with Crippen molar-refractivity contribution in [2.24, 2.45) is 0 Å². The quantitative estimate of drug-likeness (QED) is 0.773. The molecule has 0 bridgehead atoms. The zero-order chi connectivity index (χ0) is 10.1. The summed E-state index contributed by atoms with van der Waals surface area (Å²) in [4.78, 5) is 11.2. The Bertz CT molecular complexity index is 450. The van der Waals surface area contributed by atoms with Crippen molar-refractivity contribution in [3.05, 3.63) is 23.2 Å². The van der Waals surface area contributed by atoms with Crippen LogP contribution in [0.4, 0.5) is 0 Å². The van der Waals surface area contributed by atoms with Crippen LogP contribution in [-0.2, 0) is 0 Å². The number of aromatic amines is 1. The summed E-state index contributed by atoms with van der Waals surface area (Å²) in [6.45, 7) is 4.33. The SMILES string of the molecule is CCC(C)c1c[nH]c2ncnc(Cl)c12. The molecule has 2 aromatic rings. The molecule has 2 rings (SSSR count). The zero-order valence-corrected chi connectivity index (χ0v) is 8.97.